The van der Waals surface area contributed by atoms with Crippen molar-refractivity contribution in [3.05, 3.63) is 23.8 Å². The Morgan fingerprint density at radius 2 is 1.19 bits per heavy atom. The third-order valence-corrected chi connectivity index (χ3v) is 6.98. The van der Waals surface area contributed by atoms with Crippen LogP contribution in [0.1, 0.15) is 80.7 Å². The van der Waals surface area contributed by atoms with E-state index >= 15 is 0 Å². The standard InChI is InChI=1S/C30H47NO11/c1-15(2)14-37-28(34)40-21(10)18(7)25(26(31)27(32)33)22-11-12-23(41-29(35)38-19(8)16(3)4)24(13-22)42-30(36)39-20(9)17(5)6/h11-13,15-21,25-26H,14,31H2,1-10H3,(H,32,33)/t18?,19?,20?,21?,25?,26-/m0/s1. The Bertz CT molecular complexity index is 1060. The molecular formula is C30H47NO11. The van der Waals surface area contributed by atoms with Crippen LogP contribution in [0, 0.1) is 23.7 Å². The van der Waals surface area contributed by atoms with Crippen molar-refractivity contribution in [1.82, 2.24) is 0 Å². The Morgan fingerprint density at radius 1 is 0.714 bits per heavy atom. The van der Waals surface area contributed by atoms with Gasteiger partial charge >= 0.3 is 24.4 Å². The van der Waals surface area contributed by atoms with E-state index in [1.54, 1.807) is 27.7 Å². The lowest BCUT2D eigenvalue weighted by Crippen LogP contribution is -2.42. The Hall–Kier alpha value is -3.54. The number of ether oxygens (including phenoxy) is 6. The number of carboxylic acid groups (broad SMARTS) is 1. The summed E-state index contributed by atoms with van der Waals surface area (Å²) in [5.74, 6) is -3.15. The number of aliphatic carboxylic acids is 1. The lowest BCUT2D eigenvalue weighted by atomic mass is 9.79. The van der Waals surface area contributed by atoms with E-state index < -0.39 is 60.6 Å². The maximum Gasteiger partial charge on any atom is 0.514 e. The van der Waals surface area contributed by atoms with Crippen LogP contribution in [0.25, 0.3) is 0 Å². The van der Waals surface area contributed by atoms with Gasteiger partial charge in [0.1, 0.15) is 24.4 Å². The highest BCUT2D eigenvalue weighted by Crippen LogP contribution is 2.37. The second-order valence-electron chi connectivity index (χ2n) is 11.6. The van der Waals surface area contributed by atoms with E-state index in [0.717, 1.165) is 0 Å². The highest BCUT2D eigenvalue weighted by atomic mass is 16.8. The SMILES string of the molecule is CC(C)COC(=O)OC(C)C(C)C(c1ccc(OC(=O)OC(C)C(C)C)c(OC(=O)OC(C)C(C)C)c1)[C@H](N)C(=O)O. The van der Waals surface area contributed by atoms with Crippen LogP contribution in [-0.2, 0) is 23.7 Å². The van der Waals surface area contributed by atoms with Crippen molar-refractivity contribution < 1.29 is 52.7 Å². The van der Waals surface area contributed by atoms with Gasteiger partial charge in [0.15, 0.2) is 11.5 Å². The summed E-state index contributed by atoms with van der Waals surface area (Å²) in [6, 6.07) is 2.71. The molecule has 1 aromatic carbocycles. The summed E-state index contributed by atoms with van der Waals surface area (Å²) in [4.78, 5) is 49.3. The monoisotopic (exact) mass is 597 g/mol. The van der Waals surface area contributed by atoms with Gasteiger partial charge in [0.05, 0.1) is 6.61 Å². The van der Waals surface area contributed by atoms with Crippen LogP contribution < -0.4 is 15.2 Å². The summed E-state index contributed by atoms with van der Waals surface area (Å²) in [7, 11) is 0. The molecule has 0 spiro atoms. The molecule has 1 rings (SSSR count). The van der Waals surface area contributed by atoms with Gasteiger partial charge in [-0.2, -0.15) is 0 Å². The van der Waals surface area contributed by atoms with E-state index in [2.05, 4.69) is 0 Å². The first-order valence-corrected chi connectivity index (χ1v) is 14.2. The molecule has 0 aliphatic carbocycles. The Morgan fingerprint density at radius 3 is 1.64 bits per heavy atom. The molecule has 0 bridgehead atoms. The molecule has 5 unspecified atom stereocenters. The van der Waals surface area contributed by atoms with Crippen LogP contribution in [0.2, 0.25) is 0 Å². The molecule has 0 heterocycles. The Balaban J connectivity index is 3.44. The third kappa shape index (κ3) is 11.8. The summed E-state index contributed by atoms with van der Waals surface area (Å²) in [6.45, 7) is 18.0. The number of nitrogens with two attached hydrogens (primary N) is 1. The van der Waals surface area contributed by atoms with Gasteiger partial charge in [0.2, 0.25) is 0 Å². The number of carboxylic acids is 1. The van der Waals surface area contributed by atoms with E-state index in [1.165, 1.54) is 18.2 Å². The molecule has 12 nitrogen and oxygen atoms in total. The second-order valence-corrected chi connectivity index (χ2v) is 11.6. The quantitative estimate of drug-likeness (QED) is 0.143. The first-order valence-electron chi connectivity index (χ1n) is 14.2. The first-order chi connectivity index (χ1) is 19.4. The molecule has 0 aliphatic heterocycles. The van der Waals surface area contributed by atoms with Gasteiger partial charge < -0.3 is 39.3 Å². The third-order valence-electron chi connectivity index (χ3n) is 6.98. The molecule has 0 amide bonds. The molecular weight excluding hydrogens is 550 g/mol. The van der Waals surface area contributed by atoms with Crippen LogP contribution in [-0.4, -0.2) is 60.5 Å². The van der Waals surface area contributed by atoms with E-state index in [4.69, 9.17) is 34.2 Å². The van der Waals surface area contributed by atoms with Crippen molar-refractivity contribution in [3.63, 3.8) is 0 Å². The van der Waals surface area contributed by atoms with Crippen LogP contribution >= 0.6 is 0 Å². The zero-order chi connectivity index (χ0) is 32.3. The lowest BCUT2D eigenvalue weighted by molar-refractivity contribution is -0.139. The molecule has 0 fully saturated rings. The first kappa shape index (κ1) is 36.5. The van der Waals surface area contributed by atoms with Crippen LogP contribution in [0.5, 0.6) is 11.5 Å². The largest absolute Gasteiger partial charge is 0.514 e. The summed E-state index contributed by atoms with van der Waals surface area (Å²) in [5, 5.41) is 9.79. The van der Waals surface area contributed by atoms with E-state index in [-0.39, 0.29) is 35.9 Å². The van der Waals surface area contributed by atoms with Crippen molar-refractivity contribution in [1.29, 1.82) is 0 Å². The average molecular weight is 598 g/mol. The molecule has 238 valence electrons. The zero-order valence-corrected chi connectivity index (χ0v) is 26.2. The summed E-state index contributed by atoms with van der Waals surface area (Å²) >= 11 is 0. The number of hydrogen-bond acceptors (Lipinski definition) is 11. The Labute approximate surface area is 248 Å². The summed E-state index contributed by atoms with van der Waals surface area (Å²) in [5.41, 5.74) is 6.42. The highest BCUT2D eigenvalue weighted by molar-refractivity contribution is 5.75. The highest BCUT2D eigenvalue weighted by Gasteiger charge is 2.36. The number of hydrogen-bond donors (Lipinski definition) is 2. The molecule has 42 heavy (non-hydrogen) atoms. The predicted molar refractivity (Wildman–Crippen MR) is 154 cm³/mol. The molecule has 0 aliphatic rings. The van der Waals surface area contributed by atoms with Gasteiger partial charge in [-0.25, -0.2) is 14.4 Å². The van der Waals surface area contributed by atoms with Gasteiger partial charge in [-0.1, -0.05) is 54.5 Å². The van der Waals surface area contributed by atoms with Crippen molar-refractivity contribution >= 4 is 24.4 Å². The van der Waals surface area contributed by atoms with Gasteiger partial charge in [-0.3, -0.25) is 4.79 Å². The summed E-state index contributed by atoms with van der Waals surface area (Å²) in [6.07, 6.45) is -4.72. The summed E-state index contributed by atoms with van der Waals surface area (Å²) < 4.78 is 31.8. The minimum atomic E-state index is -1.44. The van der Waals surface area contributed by atoms with Crippen molar-refractivity contribution in [2.75, 3.05) is 6.61 Å². The number of carbonyl (C=O) groups is 4. The fourth-order valence-electron chi connectivity index (χ4n) is 3.51. The fraction of sp³-hybridized carbons (Fsp3) is 0.667. The average Bonchev–Trinajstić information content (AvgIpc) is 2.88. The Kier molecular flexibility index (Phi) is 14.6. The topological polar surface area (TPSA) is 170 Å². The van der Waals surface area contributed by atoms with Crippen LogP contribution in [0.15, 0.2) is 18.2 Å². The molecule has 12 heteroatoms. The van der Waals surface area contributed by atoms with E-state index in [9.17, 15) is 24.3 Å². The normalized spacial score (nSPS) is 15.7. The minimum Gasteiger partial charge on any atom is -0.480 e. The van der Waals surface area contributed by atoms with Crippen LogP contribution in [0.3, 0.4) is 0 Å². The molecule has 0 radical (unpaired) electrons. The van der Waals surface area contributed by atoms with Gasteiger partial charge in [-0.05, 0) is 56.2 Å². The number of rotatable bonds is 14. The maximum absolute atomic E-state index is 12.6. The molecule has 0 aromatic heterocycles. The minimum absolute atomic E-state index is 0.000357. The number of carbonyl (C=O) groups excluding carboxylic acids is 3. The smallest absolute Gasteiger partial charge is 0.480 e. The van der Waals surface area contributed by atoms with E-state index in [0.29, 0.717) is 5.56 Å². The molecule has 0 saturated heterocycles. The van der Waals surface area contributed by atoms with Crippen molar-refractivity contribution in [2.45, 2.75) is 99.5 Å². The molecule has 6 atom stereocenters. The fourth-order valence-corrected chi connectivity index (χ4v) is 3.51. The molecule has 0 saturated carbocycles. The molecule has 1 aromatic rings. The van der Waals surface area contributed by atoms with Crippen molar-refractivity contribution in [2.24, 2.45) is 29.4 Å². The lowest BCUT2D eigenvalue weighted by Gasteiger charge is -2.31. The maximum atomic E-state index is 12.6. The van der Waals surface area contributed by atoms with E-state index in [1.807, 2.05) is 41.5 Å². The van der Waals surface area contributed by atoms with Crippen molar-refractivity contribution in [3.8, 4) is 11.5 Å². The second kappa shape index (κ2) is 16.8. The van der Waals surface area contributed by atoms with Gasteiger partial charge in [0.25, 0.3) is 0 Å². The number of benzene rings is 1. The van der Waals surface area contributed by atoms with Gasteiger partial charge in [-0.15, -0.1) is 0 Å². The molecule has 3 N–H and O–H groups in total. The zero-order valence-electron chi connectivity index (χ0n) is 26.2. The van der Waals surface area contributed by atoms with Gasteiger partial charge in [0, 0.05) is 11.8 Å². The predicted octanol–water partition coefficient (Wildman–Crippen LogP) is 6.14. The van der Waals surface area contributed by atoms with Crippen LogP contribution in [0.4, 0.5) is 14.4 Å².